The Labute approximate surface area is 116 Å². The van der Waals surface area contributed by atoms with Crippen LogP contribution in [0.4, 0.5) is 0 Å². The summed E-state index contributed by atoms with van der Waals surface area (Å²) in [5, 5.41) is 3.88. The van der Waals surface area contributed by atoms with Crippen LogP contribution in [0.15, 0.2) is 39.8 Å². The van der Waals surface area contributed by atoms with Crippen molar-refractivity contribution in [1.29, 1.82) is 0 Å². The van der Waals surface area contributed by atoms with E-state index in [1.165, 1.54) is 0 Å². The second-order valence-corrected chi connectivity index (χ2v) is 5.55. The molecular weight excluding hydrogens is 260 g/mol. The highest BCUT2D eigenvalue weighted by atomic mass is 32.2. The van der Waals surface area contributed by atoms with Gasteiger partial charge in [-0.25, -0.2) is 0 Å². The Morgan fingerprint density at radius 1 is 1.32 bits per heavy atom. The highest BCUT2D eigenvalue weighted by Gasteiger charge is 2.14. The van der Waals surface area contributed by atoms with Gasteiger partial charge in [0.05, 0.1) is 12.2 Å². The number of carbonyl (C=O) groups is 1. The fourth-order valence-electron chi connectivity index (χ4n) is 1.44. The Morgan fingerprint density at radius 2 is 2.05 bits per heavy atom. The van der Waals surface area contributed by atoms with Gasteiger partial charge in [-0.15, -0.1) is 11.8 Å². The van der Waals surface area contributed by atoms with Crippen LogP contribution in [-0.2, 0) is 17.0 Å². The molecule has 0 bridgehead atoms. The fourth-order valence-corrected chi connectivity index (χ4v) is 2.20. The maximum atomic E-state index is 11.6. The standard InChI is InChI=1S/C14H16N2O2S/c1-10(2)12(17)8-14-15-13(16-18-14)9-19-11-6-4-3-5-7-11/h3-7,10H,8-9H2,1-2H3. The predicted octanol–water partition coefficient (Wildman–Crippen LogP) is 3.13. The molecule has 0 atom stereocenters. The van der Waals surface area contributed by atoms with Crippen LogP contribution in [-0.4, -0.2) is 15.9 Å². The summed E-state index contributed by atoms with van der Waals surface area (Å²) in [6.07, 6.45) is 0.223. The number of hydrogen-bond donors (Lipinski definition) is 0. The SMILES string of the molecule is CC(C)C(=O)Cc1nc(CSc2ccccc2)no1. The normalized spacial score (nSPS) is 10.9. The zero-order chi connectivity index (χ0) is 13.7. The van der Waals surface area contributed by atoms with E-state index in [0.29, 0.717) is 17.5 Å². The third kappa shape index (κ3) is 4.21. The summed E-state index contributed by atoms with van der Waals surface area (Å²) in [6, 6.07) is 10.0. The van der Waals surface area contributed by atoms with Crippen molar-refractivity contribution in [2.45, 2.75) is 30.9 Å². The van der Waals surface area contributed by atoms with Gasteiger partial charge in [0.1, 0.15) is 5.78 Å². The lowest BCUT2D eigenvalue weighted by molar-refractivity contribution is -0.121. The van der Waals surface area contributed by atoms with Gasteiger partial charge in [-0.3, -0.25) is 4.79 Å². The molecule has 0 amide bonds. The van der Waals surface area contributed by atoms with E-state index < -0.39 is 0 Å². The van der Waals surface area contributed by atoms with Crippen LogP contribution in [0.25, 0.3) is 0 Å². The molecule has 0 radical (unpaired) electrons. The van der Waals surface area contributed by atoms with Crippen molar-refractivity contribution in [3.05, 3.63) is 42.0 Å². The minimum atomic E-state index is -0.00552. The van der Waals surface area contributed by atoms with Crippen LogP contribution in [0.3, 0.4) is 0 Å². The Hall–Kier alpha value is -1.62. The molecule has 0 saturated carbocycles. The number of hydrogen-bond acceptors (Lipinski definition) is 5. The quantitative estimate of drug-likeness (QED) is 0.759. The van der Waals surface area contributed by atoms with E-state index in [2.05, 4.69) is 10.1 Å². The lowest BCUT2D eigenvalue weighted by atomic mass is 10.1. The van der Waals surface area contributed by atoms with E-state index in [-0.39, 0.29) is 18.1 Å². The van der Waals surface area contributed by atoms with E-state index >= 15 is 0 Å². The molecule has 2 aromatic rings. The van der Waals surface area contributed by atoms with Gasteiger partial charge in [0, 0.05) is 10.8 Å². The van der Waals surface area contributed by atoms with Crippen LogP contribution in [0, 0.1) is 5.92 Å². The first-order chi connectivity index (χ1) is 9.15. The monoisotopic (exact) mass is 276 g/mol. The number of thioether (sulfide) groups is 1. The fraction of sp³-hybridized carbons (Fsp3) is 0.357. The molecule has 1 heterocycles. The zero-order valence-corrected chi connectivity index (χ0v) is 11.8. The van der Waals surface area contributed by atoms with Gasteiger partial charge >= 0.3 is 0 Å². The largest absolute Gasteiger partial charge is 0.339 e. The molecule has 0 aliphatic heterocycles. The first kappa shape index (κ1) is 13.8. The predicted molar refractivity (Wildman–Crippen MR) is 73.9 cm³/mol. The van der Waals surface area contributed by atoms with E-state index in [1.54, 1.807) is 11.8 Å². The Kier molecular flexibility index (Phi) is 4.74. The molecule has 0 aliphatic rings. The van der Waals surface area contributed by atoms with Crippen molar-refractivity contribution in [2.75, 3.05) is 0 Å². The number of benzene rings is 1. The van der Waals surface area contributed by atoms with Crippen molar-refractivity contribution in [1.82, 2.24) is 10.1 Å². The number of Topliss-reactive ketones (excluding diaryl/α,β-unsaturated/α-hetero) is 1. The Morgan fingerprint density at radius 3 is 2.74 bits per heavy atom. The molecule has 100 valence electrons. The molecule has 0 aliphatic carbocycles. The number of aromatic nitrogens is 2. The van der Waals surface area contributed by atoms with Gasteiger partial charge < -0.3 is 4.52 Å². The van der Waals surface area contributed by atoms with Crippen molar-refractivity contribution < 1.29 is 9.32 Å². The number of rotatable bonds is 6. The number of carbonyl (C=O) groups excluding carboxylic acids is 1. The summed E-state index contributed by atoms with van der Waals surface area (Å²) in [5.41, 5.74) is 0. The summed E-state index contributed by atoms with van der Waals surface area (Å²) >= 11 is 1.64. The highest BCUT2D eigenvalue weighted by molar-refractivity contribution is 7.98. The first-order valence-corrected chi connectivity index (χ1v) is 7.15. The summed E-state index contributed by atoms with van der Waals surface area (Å²) in [6.45, 7) is 3.73. The highest BCUT2D eigenvalue weighted by Crippen LogP contribution is 2.20. The maximum absolute atomic E-state index is 11.6. The van der Waals surface area contributed by atoms with Crippen molar-refractivity contribution in [3.8, 4) is 0 Å². The van der Waals surface area contributed by atoms with E-state index in [9.17, 15) is 4.79 Å². The minimum absolute atomic E-state index is 0.00552. The molecule has 0 fully saturated rings. The molecule has 0 spiro atoms. The lowest BCUT2D eigenvalue weighted by Crippen LogP contribution is -2.10. The molecule has 0 N–H and O–H groups in total. The molecule has 5 heteroatoms. The summed E-state index contributed by atoms with van der Waals surface area (Å²) in [4.78, 5) is 17.0. The molecule has 1 aromatic carbocycles. The average Bonchev–Trinajstić information content (AvgIpc) is 2.85. The summed E-state index contributed by atoms with van der Waals surface area (Å²) in [7, 11) is 0. The summed E-state index contributed by atoms with van der Waals surface area (Å²) in [5.74, 6) is 1.78. The maximum Gasteiger partial charge on any atom is 0.234 e. The molecule has 4 nitrogen and oxygen atoms in total. The molecule has 1 aromatic heterocycles. The van der Waals surface area contributed by atoms with Crippen molar-refractivity contribution >= 4 is 17.5 Å². The van der Waals surface area contributed by atoms with Crippen LogP contribution >= 0.6 is 11.8 Å². The lowest BCUT2D eigenvalue weighted by Gasteiger charge is -1.98. The second kappa shape index (κ2) is 6.52. The van der Waals surface area contributed by atoms with Crippen LogP contribution in [0.1, 0.15) is 25.6 Å². The van der Waals surface area contributed by atoms with Crippen LogP contribution in [0.2, 0.25) is 0 Å². The van der Waals surface area contributed by atoms with Gasteiger partial charge in [0.15, 0.2) is 5.82 Å². The zero-order valence-electron chi connectivity index (χ0n) is 11.0. The molecular formula is C14H16N2O2S. The minimum Gasteiger partial charge on any atom is -0.339 e. The van der Waals surface area contributed by atoms with Gasteiger partial charge in [-0.05, 0) is 12.1 Å². The van der Waals surface area contributed by atoms with Gasteiger partial charge in [0.2, 0.25) is 5.89 Å². The third-order valence-electron chi connectivity index (χ3n) is 2.59. The Balaban J connectivity index is 1.89. The third-order valence-corrected chi connectivity index (χ3v) is 3.60. The van der Waals surface area contributed by atoms with E-state index in [1.807, 2.05) is 44.2 Å². The van der Waals surface area contributed by atoms with Gasteiger partial charge in [0.25, 0.3) is 0 Å². The molecule has 19 heavy (non-hydrogen) atoms. The number of ketones is 1. The molecule has 0 saturated heterocycles. The Bertz CT molecular complexity index is 537. The smallest absolute Gasteiger partial charge is 0.234 e. The van der Waals surface area contributed by atoms with Crippen molar-refractivity contribution in [3.63, 3.8) is 0 Å². The van der Waals surface area contributed by atoms with Gasteiger partial charge in [-0.1, -0.05) is 37.2 Å². The second-order valence-electron chi connectivity index (χ2n) is 4.50. The van der Waals surface area contributed by atoms with Crippen molar-refractivity contribution in [2.24, 2.45) is 5.92 Å². The summed E-state index contributed by atoms with van der Waals surface area (Å²) < 4.78 is 5.08. The molecule has 2 rings (SSSR count). The molecule has 0 unspecified atom stereocenters. The van der Waals surface area contributed by atoms with E-state index in [0.717, 1.165) is 4.90 Å². The average molecular weight is 276 g/mol. The van der Waals surface area contributed by atoms with Gasteiger partial charge in [-0.2, -0.15) is 4.98 Å². The van der Waals surface area contributed by atoms with Crippen LogP contribution < -0.4 is 0 Å². The number of nitrogens with zero attached hydrogens (tertiary/aromatic N) is 2. The first-order valence-electron chi connectivity index (χ1n) is 6.17. The van der Waals surface area contributed by atoms with E-state index in [4.69, 9.17) is 4.52 Å². The van der Waals surface area contributed by atoms with Crippen LogP contribution in [0.5, 0.6) is 0 Å². The topological polar surface area (TPSA) is 56.0 Å².